The average molecular weight is 258 g/mol. The minimum absolute atomic E-state index is 0.275. The van der Waals surface area contributed by atoms with Crippen molar-refractivity contribution in [3.8, 4) is 0 Å². The van der Waals surface area contributed by atoms with Gasteiger partial charge < -0.3 is 5.32 Å². The van der Waals surface area contributed by atoms with Crippen LogP contribution in [0.25, 0.3) is 0 Å². The van der Waals surface area contributed by atoms with E-state index in [1.54, 1.807) is 13.0 Å². The van der Waals surface area contributed by atoms with Gasteiger partial charge in [-0.1, -0.05) is 0 Å². The van der Waals surface area contributed by atoms with Crippen molar-refractivity contribution < 1.29 is 9.18 Å². The minimum atomic E-state index is -0.398. The molecule has 0 aliphatic rings. The summed E-state index contributed by atoms with van der Waals surface area (Å²) in [5.74, 6) is -0.205. The molecule has 17 heavy (non-hydrogen) atoms. The van der Waals surface area contributed by atoms with Crippen LogP contribution in [-0.4, -0.2) is 17.3 Å². The lowest BCUT2D eigenvalue weighted by molar-refractivity contribution is 0.0911. The van der Waals surface area contributed by atoms with E-state index >= 15 is 0 Å². The van der Waals surface area contributed by atoms with Gasteiger partial charge in [-0.3, -0.25) is 4.79 Å². The van der Waals surface area contributed by atoms with E-state index in [1.807, 2.05) is 13.8 Å². The first kappa shape index (κ1) is 14.0. The van der Waals surface area contributed by atoms with Gasteiger partial charge in [0.2, 0.25) is 0 Å². The van der Waals surface area contributed by atoms with Gasteiger partial charge in [-0.05, 0) is 51.0 Å². The summed E-state index contributed by atoms with van der Waals surface area (Å²) < 4.78 is 13.2. The Hall–Kier alpha value is -1.09. The molecule has 0 aliphatic heterocycles. The van der Waals surface area contributed by atoms with Crippen molar-refractivity contribution in [2.45, 2.75) is 32.7 Å². The lowest BCUT2D eigenvalue weighted by Crippen LogP contribution is -2.43. The molecule has 0 atom stereocenters. The van der Waals surface area contributed by atoms with E-state index in [2.05, 4.69) is 5.32 Å². The van der Waals surface area contributed by atoms with Crippen LogP contribution in [0.1, 0.15) is 36.2 Å². The Balaban J connectivity index is 2.83. The van der Waals surface area contributed by atoms with Gasteiger partial charge in [-0.15, -0.1) is 11.6 Å². The monoisotopic (exact) mass is 257 g/mol. The third-order valence-corrected chi connectivity index (χ3v) is 2.66. The maximum atomic E-state index is 13.2. The second-order valence-electron chi connectivity index (χ2n) is 4.79. The van der Waals surface area contributed by atoms with Crippen LogP contribution in [0.5, 0.6) is 0 Å². The normalized spacial score (nSPS) is 11.4. The summed E-state index contributed by atoms with van der Waals surface area (Å²) in [6, 6.07) is 4.29. The van der Waals surface area contributed by atoms with Gasteiger partial charge in [0.1, 0.15) is 5.82 Å². The Bertz CT molecular complexity index is 398. The molecule has 1 aromatic carbocycles. The maximum Gasteiger partial charge on any atom is 0.251 e. The molecule has 1 amide bonds. The van der Waals surface area contributed by atoms with Crippen LogP contribution < -0.4 is 5.32 Å². The SMILES string of the molecule is Cc1cc(F)cc(C(=O)NC(C)(C)CCCl)c1. The lowest BCUT2D eigenvalue weighted by Gasteiger charge is -2.25. The number of aryl methyl sites for hydroxylation is 1. The maximum absolute atomic E-state index is 13.2. The predicted molar refractivity (Wildman–Crippen MR) is 68.0 cm³/mol. The minimum Gasteiger partial charge on any atom is -0.347 e. The van der Waals surface area contributed by atoms with E-state index < -0.39 is 5.82 Å². The molecule has 1 N–H and O–H groups in total. The summed E-state index contributed by atoms with van der Waals surface area (Å²) in [6.45, 7) is 5.53. The number of halogens is 2. The molecule has 0 radical (unpaired) electrons. The lowest BCUT2D eigenvalue weighted by atomic mass is 10.0. The number of alkyl halides is 1. The molecule has 0 bridgehead atoms. The fourth-order valence-corrected chi connectivity index (χ4v) is 2.02. The van der Waals surface area contributed by atoms with Crippen molar-refractivity contribution in [3.63, 3.8) is 0 Å². The van der Waals surface area contributed by atoms with Gasteiger partial charge >= 0.3 is 0 Å². The first-order chi connectivity index (χ1) is 7.84. The van der Waals surface area contributed by atoms with Crippen molar-refractivity contribution in [1.82, 2.24) is 5.32 Å². The Morgan fingerprint density at radius 3 is 2.59 bits per heavy atom. The standard InChI is InChI=1S/C13H17ClFNO/c1-9-6-10(8-11(15)7-9)12(17)16-13(2,3)4-5-14/h6-8H,4-5H2,1-3H3,(H,16,17). The third kappa shape index (κ3) is 4.35. The molecule has 0 fully saturated rings. The average Bonchev–Trinajstić information content (AvgIpc) is 2.14. The van der Waals surface area contributed by atoms with Crippen molar-refractivity contribution in [2.24, 2.45) is 0 Å². The van der Waals surface area contributed by atoms with E-state index in [4.69, 9.17) is 11.6 Å². The zero-order chi connectivity index (χ0) is 13.1. The largest absolute Gasteiger partial charge is 0.347 e. The van der Waals surface area contributed by atoms with Crippen LogP contribution in [-0.2, 0) is 0 Å². The molecule has 4 heteroatoms. The van der Waals surface area contributed by atoms with Crippen LogP contribution >= 0.6 is 11.6 Å². The summed E-state index contributed by atoms with van der Waals surface area (Å²) in [6.07, 6.45) is 0.661. The number of hydrogen-bond donors (Lipinski definition) is 1. The van der Waals surface area contributed by atoms with E-state index in [-0.39, 0.29) is 11.4 Å². The Kier molecular flexibility index (Phi) is 4.52. The zero-order valence-corrected chi connectivity index (χ0v) is 11.1. The van der Waals surface area contributed by atoms with E-state index in [1.165, 1.54) is 12.1 Å². The summed E-state index contributed by atoms with van der Waals surface area (Å²) in [5.41, 5.74) is 0.675. The second-order valence-corrected chi connectivity index (χ2v) is 5.17. The number of benzene rings is 1. The first-order valence-corrected chi connectivity index (χ1v) is 6.03. The smallest absolute Gasteiger partial charge is 0.251 e. The molecule has 0 unspecified atom stereocenters. The predicted octanol–water partition coefficient (Wildman–Crippen LogP) is 3.27. The number of rotatable bonds is 4. The van der Waals surface area contributed by atoms with Crippen molar-refractivity contribution in [1.29, 1.82) is 0 Å². The zero-order valence-electron chi connectivity index (χ0n) is 10.3. The summed E-state index contributed by atoms with van der Waals surface area (Å²) in [7, 11) is 0. The van der Waals surface area contributed by atoms with Gasteiger partial charge in [0.15, 0.2) is 0 Å². The van der Waals surface area contributed by atoms with Crippen LogP contribution in [0.3, 0.4) is 0 Å². The van der Waals surface area contributed by atoms with Crippen LogP contribution in [0, 0.1) is 12.7 Å². The highest BCUT2D eigenvalue weighted by molar-refractivity contribution is 6.17. The number of amides is 1. The molecule has 0 heterocycles. The Labute approximate surface area is 106 Å². The van der Waals surface area contributed by atoms with E-state index in [0.717, 1.165) is 5.56 Å². The molecule has 0 spiro atoms. The Morgan fingerprint density at radius 1 is 1.41 bits per heavy atom. The first-order valence-electron chi connectivity index (χ1n) is 5.50. The van der Waals surface area contributed by atoms with Crippen molar-refractivity contribution >= 4 is 17.5 Å². The van der Waals surface area contributed by atoms with Crippen molar-refractivity contribution in [3.05, 3.63) is 35.1 Å². The highest BCUT2D eigenvalue weighted by Crippen LogP contribution is 2.13. The summed E-state index contributed by atoms with van der Waals surface area (Å²) in [5, 5.41) is 2.84. The molecular formula is C13H17ClFNO. The summed E-state index contributed by atoms with van der Waals surface area (Å²) >= 11 is 5.65. The third-order valence-electron chi connectivity index (χ3n) is 2.48. The molecule has 0 saturated carbocycles. The number of carbonyl (C=O) groups excluding carboxylic acids is 1. The van der Waals surface area contributed by atoms with Crippen molar-refractivity contribution in [2.75, 3.05) is 5.88 Å². The fourth-order valence-electron chi connectivity index (χ4n) is 1.55. The van der Waals surface area contributed by atoms with Crippen LogP contribution in [0.2, 0.25) is 0 Å². The molecule has 2 nitrogen and oxygen atoms in total. The van der Waals surface area contributed by atoms with Crippen LogP contribution in [0.4, 0.5) is 4.39 Å². The summed E-state index contributed by atoms with van der Waals surface area (Å²) in [4.78, 5) is 11.9. The van der Waals surface area contributed by atoms with Gasteiger partial charge in [-0.25, -0.2) is 4.39 Å². The van der Waals surface area contributed by atoms with E-state index in [9.17, 15) is 9.18 Å². The highest BCUT2D eigenvalue weighted by atomic mass is 35.5. The highest BCUT2D eigenvalue weighted by Gasteiger charge is 2.20. The van der Waals surface area contributed by atoms with Gasteiger partial charge in [-0.2, -0.15) is 0 Å². The second kappa shape index (κ2) is 5.50. The molecule has 1 rings (SSSR count). The van der Waals surface area contributed by atoms with Crippen LogP contribution in [0.15, 0.2) is 18.2 Å². The number of carbonyl (C=O) groups is 1. The number of nitrogens with one attached hydrogen (secondary N) is 1. The molecule has 0 aromatic heterocycles. The molecule has 0 saturated heterocycles. The molecular weight excluding hydrogens is 241 g/mol. The van der Waals surface area contributed by atoms with Gasteiger partial charge in [0.05, 0.1) is 0 Å². The topological polar surface area (TPSA) is 29.1 Å². The number of hydrogen-bond acceptors (Lipinski definition) is 1. The quantitative estimate of drug-likeness (QED) is 0.824. The molecule has 1 aromatic rings. The Morgan fingerprint density at radius 2 is 2.06 bits per heavy atom. The molecule has 94 valence electrons. The van der Waals surface area contributed by atoms with Gasteiger partial charge in [0.25, 0.3) is 5.91 Å². The van der Waals surface area contributed by atoms with Gasteiger partial charge in [0, 0.05) is 17.0 Å². The van der Waals surface area contributed by atoms with E-state index in [0.29, 0.717) is 17.9 Å². The fraction of sp³-hybridized carbons (Fsp3) is 0.462. The molecule has 0 aliphatic carbocycles.